The third kappa shape index (κ3) is 3.53. The number of halogens is 1. The average Bonchev–Trinajstić information content (AvgIpc) is 3.03. The van der Waals surface area contributed by atoms with Gasteiger partial charge in [0.2, 0.25) is 11.8 Å². The second-order valence-corrected chi connectivity index (χ2v) is 5.46. The predicted molar refractivity (Wildman–Crippen MR) is 86.4 cm³/mol. The van der Waals surface area contributed by atoms with E-state index in [1.807, 2.05) is 54.6 Å². The van der Waals surface area contributed by atoms with Crippen LogP contribution in [0.25, 0.3) is 11.5 Å². The van der Waals surface area contributed by atoms with Gasteiger partial charge >= 0.3 is 0 Å². The van der Waals surface area contributed by atoms with E-state index in [4.69, 9.17) is 16.0 Å². The monoisotopic (exact) mass is 313 g/mol. The summed E-state index contributed by atoms with van der Waals surface area (Å²) in [6, 6.07) is 17.7. The number of benzene rings is 2. The highest BCUT2D eigenvalue weighted by molar-refractivity contribution is 6.30. The number of aromatic nitrogens is 2. The van der Waals surface area contributed by atoms with E-state index in [0.29, 0.717) is 18.3 Å². The molecule has 1 aromatic heterocycles. The molecular formula is C17H16ClN3O. The molecule has 1 unspecified atom stereocenters. The fraction of sp³-hybridized carbons (Fsp3) is 0.176. The molecule has 1 heterocycles. The second kappa shape index (κ2) is 6.73. The standard InChI is InChI=1S/C17H16ClN3O/c1-12(13-7-9-15(18)10-8-13)19-11-16-20-21-17(22-16)14-5-3-2-4-6-14/h2-10,12,19H,11H2,1H3. The number of rotatable bonds is 5. The normalized spacial score (nSPS) is 12.3. The lowest BCUT2D eigenvalue weighted by Gasteiger charge is -2.12. The minimum atomic E-state index is 0.171. The number of hydrogen-bond acceptors (Lipinski definition) is 4. The molecule has 0 saturated heterocycles. The Hall–Kier alpha value is -2.17. The molecule has 112 valence electrons. The summed E-state index contributed by atoms with van der Waals surface area (Å²) in [5.74, 6) is 1.11. The number of nitrogens with one attached hydrogen (secondary N) is 1. The van der Waals surface area contributed by atoms with Crippen LogP contribution in [0.4, 0.5) is 0 Å². The molecule has 0 aliphatic carbocycles. The maximum atomic E-state index is 5.90. The minimum absolute atomic E-state index is 0.171. The van der Waals surface area contributed by atoms with E-state index in [9.17, 15) is 0 Å². The Labute approximate surface area is 134 Å². The minimum Gasteiger partial charge on any atom is -0.419 e. The fourth-order valence-electron chi connectivity index (χ4n) is 2.13. The van der Waals surface area contributed by atoms with Gasteiger partial charge in [0.05, 0.1) is 6.54 Å². The molecule has 4 nitrogen and oxygen atoms in total. The van der Waals surface area contributed by atoms with Crippen molar-refractivity contribution in [1.82, 2.24) is 15.5 Å². The zero-order chi connectivity index (χ0) is 15.4. The molecule has 1 atom stereocenters. The molecular weight excluding hydrogens is 298 g/mol. The van der Waals surface area contributed by atoms with E-state index >= 15 is 0 Å². The van der Waals surface area contributed by atoms with Crippen molar-refractivity contribution in [3.8, 4) is 11.5 Å². The van der Waals surface area contributed by atoms with Crippen LogP contribution in [0.15, 0.2) is 59.0 Å². The van der Waals surface area contributed by atoms with Crippen LogP contribution in [0.3, 0.4) is 0 Å². The molecule has 0 aliphatic heterocycles. The third-order valence-corrected chi connectivity index (χ3v) is 3.67. The maximum Gasteiger partial charge on any atom is 0.247 e. The molecule has 0 radical (unpaired) electrons. The summed E-state index contributed by atoms with van der Waals surface area (Å²) in [6.45, 7) is 2.60. The first-order valence-corrected chi connectivity index (χ1v) is 7.47. The van der Waals surface area contributed by atoms with Crippen LogP contribution in [0.1, 0.15) is 24.4 Å². The lowest BCUT2D eigenvalue weighted by molar-refractivity contribution is 0.454. The molecule has 3 rings (SSSR count). The first kappa shape index (κ1) is 14.8. The lowest BCUT2D eigenvalue weighted by atomic mass is 10.1. The zero-order valence-corrected chi connectivity index (χ0v) is 12.9. The lowest BCUT2D eigenvalue weighted by Crippen LogP contribution is -2.18. The molecule has 22 heavy (non-hydrogen) atoms. The Kier molecular flexibility index (Phi) is 4.51. The molecule has 0 saturated carbocycles. The van der Waals surface area contributed by atoms with Crippen molar-refractivity contribution < 1.29 is 4.42 Å². The van der Waals surface area contributed by atoms with E-state index in [0.717, 1.165) is 16.1 Å². The van der Waals surface area contributed by atoms with Gasteiger partial charge in [-0.15, -0.1) is 10.2 Å². The van der Waals surface area contributed by atoms with E-state index in [1.54, 1.807) is 0 Å². The fourth-order valence-corrected chi connectivity index (χ4v) is 2.26. The molecule has 0 spiro atoms. The summed E-state index contributed by atoms with van der Waals surface area (Å²) in [6.07, 6.45) is 0. The molecule has 0 fully saturated rings. The van der Waals surface area contributed by atoms with E-state index < -0.39 is 0 Å². The average molecular weight is 314 g/mol. The van der Waals surface area contributed by atoms with Crippen LogP contribution in [-0.2, 0) is 6.54 Å². The summed E-state index contributed by atoms with van der Waals surface area (Å²) in [5.41, 5.74) is 2.08. The number of hydrogen-bond donors (Lipinski definition) is 1. The van der Waals surface area contributed by atoms with Gasteiger partial charge in [-0.2, -0.15) is 0 Å². The quantitative estimate of drug-likeness (QED) is 0.765. The predicted octanol–water partition coefficient (Wildman–Crippen LogP) is 4.24. The van der Waals surface area contributed by atoms with Crippen LogP contribution in [0, 0.1) is 0 Å². The Morgan fingerprint density at radius 2 is 1.77 bits per heavy atom. The smallest absolute Gasteiger partial charge is 0.247 e. The summed E-state index contributed by atoms with van der Waals surface area (Å²) >= 11 is 5.90. The molecule has 5 heteroatoms. The van der Waals surface area contributed by atoms with Crippen LogP contribution in [0.2, 0.25) is 5.02 Å². The first-order chi connectivity index (χ1) is 10.7. The van der Waals surface area contributed by atoms with Crippen molar-refractivity contribution in [3.63, 3.8) is 0 Å². The number of nitrogens with zero attached hydrogens (tertiary/aromatic N) is 2. The van der Waals surface area contributed by atoms with Gasteiger partial charge in [-0.05, 0) is 36.8 Å². The highest BCUT2D eigenvalue weighted by Crippen LogP contribution is 2.19. The Bertz CT molecular complexity index is 725. The van der Waals surface area contributed by atoms with Crippen molar-refractivity contribution >= 4 is 11.6 Å². The van der Waals surface area contributed by atoms with Gasteiger partial charge in [0.1, 0.15) is 0 Å². The molecule has 0 amide bonds. The van der Waals surface area contributed by atoms with Crippen molar-refractivity contribution in [3.05, 3.63) is 71.1 Å². The highest BCUT2D eigenvalue weighted by Gasteiger charge is 2.10. The van der Waals surface area contributed by atoms with Gasteiger partial charge in [0.25, 0.3) is 0 Å². The summed E-state index contributed by atoms with van der Waals surface area (Å²) < 4.78 is 5.67. The maximum absolute atomic E-state index is 5.90. The van der Waals surface area contributed by atoms with Crippen molar-refractivity contribution in [2.45, 2.75) is 19.5 Å². The van der Waals surface area contributed by atoms with Gasteiger partial charge in [-0.25, -0.2) is 0 Å². The van der Waals surface area contributed by atoms with E-state index in [1.165, 1.54) is 0 Å². The Balaban J connectivity index is 1.62. The summed E-state index contributed by atoms with van der Waals surface area (Å²) in [7, 11) is 0. The Morgan fingerprint density at radius 3 is 2.50 bits per heavy atom. The van der Waals surface area contributed by atoms with Crippen LogP contribution < -0.4 is 5.32 Å². The molecule has 1 N–H and O–H groups in total. The Morgan fingerprint density at radius 1 is 1.05 bits per heavy atom. The van der Waals surface area contributed by atoms with Gasteiger partial charge in [-0.1, -0.05) is 41.9 Å². The van der Waals surface area contributed by atoms with Crippen molar-refractivity contribution in [2.24, 2.45) is 0 Å². The largest absolute Gasteiger partial charge is 0.419 e. The first-order valence-electron chi connectivity index (χ1n) is 7.09. The van der Waals surface area contributed by atoms with Gasteiger partial charge < -0.3 is 9.73 Å². The zero-order valence-electron chi connectivity index (χ0n) is 12.2. The van der Waals surface area contributed by atoms with Gasteiger partial charge in [0.15, 0.2) is 0 Å². The molecule has 3 aromatic rings. The SMILES string of the molecule is CC(NCc1nnc(-c2ccccc2)o1)c1ccc(Cl)cc1. The topological polar surface area (TPSA) is 51.0 Å². The molecule has 2 aromatic carbocycles. The van der Waals surface area contributed by atoms with Crippen LogP contribution in [-0.4, -0.2) is 10.2 Å². The van der Waals surface area contributed by atoms with E-state index in [2.05, 4.69) is 22.4 Å². The van der Waals surface area contributed by atoms with Gasteiger partial charge in [-0.3, -0.25) is 0 Å². The summed E-state index contributed by atoms with van der Waals surface area (Å²) in [5, 5.41) is 12.2. The van der Waals surface area contributed by atoms with Gasteiger partial charge in [0, 0.05) is 16.6 Å². The second-order valence-electron chi connectivity index (χ2n) is 5.02. The van der Waals surface area contributed by atoms with Crippen molar-refractivity contribution in [2.75, 3.05) is 0 Å². The molecule has 0 aliphatic rings. The van der Waals surface area contributed by atoms with Crippen molar-refractivity contribution in [1.29, 1.82) is 0 Å². The van der Waals surface area contributed by atoms with Crippen LogP contribution >= 0.6 is 11.6 Å². The van der Waals surface area contributed by atoms with Crippen LogP contribution in [0.5, 0.6) is 0 Å². The highest BCUT2D eigenvalue weighted by atomic mass is 35.5. The van der Waals surface area contributed by atoms with E-state index in [-0.39, 0.29) is 6.04 Å². The third-order valence-electron chi connectivity index (χ3n) is 3.42. The molecule has 0 bridgehead atoms. The summed E-state index contributed by atoms with van der Waals surface area (Å²) in [4.78, 5) is 0.